The molecule has 0 N–H and O–H groups in total. The molecule has 0 bridgehead atoms. The predicted molar refractivity (Wildman–Crippen MR) is 67.2 cm³/mol. The standard InChI is InChI=1S/C13H27Cl/c1-4-7-9-12-13(14,10-6-3)11-8-5-2/h4-12H2,1-3H3. The summed E-state index contributed by atoms with van der Waals surface area (Å²) in [6.45, 7) is 6.74. The Balaban J connectivity index is 3.82. The molecule has 1 unspecified atom stereocenters. The Hall–Kier alpha value is 0.290. The highest BCUT2D eigenvalue weighted by molar-refractivity contribution is 6.23. The van der Waals surface area contributed by atoms with Crippen molar-refractivity contribution in [1.82, 2.24) is 0 Å². The van der Waals surface area contributed by atoms with E-state index in [0.29, 0.717) is 0 Å². The van der Waals surface area contributed by atoms with Crippen LogP contribution in [0.25, 0.3) is 0 Å². The summed E-state index contributed by atoms with van der Waals surface area (Å²) in [5.41, 5.74) is 0. The van der Waals surface area contributed by atoms with Gasteiger partial charge in [0.1, 0.15) is 0 Å². The molecule has 86 valence electrons. The van der Waals surface area contributed by atoms with Gasteiger partial charge in [-0.15, -0.1) is 11.6 Å². The van der Waals surface area contributed by atoms with Crippen molar-refractivity contribution >= 4 is 11.6 Å². The first-order valence-electron chi connectivity index (χ1n) is 6.37. The molecule has 0 fully saturated rings. The minimum Gasteiger partial charge on any atom is -0.119 e. The second kappa shape index (κ2) is 8.59. The van der Waals surface area contributed by atoms with Crippen LogP contribution in [0.3, 0.4) is 0 Å². The molecule has 0 rings (SSSR count). The van der Waals surface area contributed by atoms with Gasteiger partial charge in [-0.05, 0) is 19.3 Å². The molecule has 0 aromatic carbocycles. The maximum absolute atomic E-state index is 6.65. The highest BCUT2D eigenvalue weighted by Gasteiger charge is 2.24. The molecular formula is C13H27Cl. The summed E-state index contributed by atoms with van der Waals surface area (Å²) in [7, 11) is 0. The summed E-state index contributed by atoms with van der Waals surface area (Å²) in [4.78, 5) is 0.125. The molecule has 0 aromatic rings. The molecule has 0 radical (unpaired) electrons. The van der Waals surface area contributed by atoms with E-state index in [4.69, 9.17) is 11.6 Å². The van der Waals surface area contributed by atoms with Crippen LogP contribution in [0.5, 0.6) is 0 Å². The fourth-order valence-electron chi connectivity index (χ4n) is 2.01. The van der Waals surface area contributed by atoms with Crippen molar-refractivity contribution in [2.75, 3.05) is 0 Å². The first kappa shape index (κ1) is 14.3. The minimum absolute atomic E-state index is 0.125. The van der Waals surface area contributed by atoms with Crippen LogP contribution in [-0.2, 0) is 0 Å². The van der Waals surface area contributed by atoms with E-state index in [1.807, 2.05) is 0 Å². The van der Waals surface area contributed by atoms with Gasteiger partial charge in [0.05, 0.1) is 0 Å². The second-order valence-corrected chi connectivity index (χ2v) is 5.26. The van der Waals surface area contributed by atoms with Crippen LogP contribution in [0.2, 0.25) is 0 Å². The van der Waals surface area contributed by atoms with Crippen LogP contribution in [-0.4, -0.2) is 4.87 Å². The van der Waals surface area contributed by atoms with E-state index in [1.165, 1.54) is 57.8 Å². The average Bonchev–Trinajstić information content (AvgIpc) is 2.16. The number of unbranched alkanes of at least 4 members (excludes halogenated alkanes) is 3. The van der Waals surface area contributed by atoms with Crippen LogP contribution in [0, 0.1) is 0 Å². The third-order valence-electron chi connectivity index (χ3n) is 2.90. The van der Waals surface area contributed by atoms with E-state index in [0.717, 1.165) is 0 Å². The van der Waals surface area contributed by atoms with Gasteiger partial charge in [0.2, 0.25) is 0 Å². The van der Waals surface area contributed by atoms with Crippen molar-refractivity contribution < 1.29 is 0 Å². The molecule has 1 atom stereocenters. The molecule has 0 aromatic heterocycles. The molecule has 14 heavy (non-hydrogen) atoms. The smallest absolute Gasteiger partial charge is 0.0446 e. The first-order valence-corrected chi connectivity index (χ1v) is 6.75. The van der Waals surface area contributed by atoms with Crippen molar-refractivity contribution in [2.45, 2.75) is 83.4 Å². The molecule has 0 amide bonds. The first-order chi connectivity index (χ1) is 6.68. The highest BCUT2D eigenvalue weighted by atomic mass is 35.5. The van der Waals surface area contributed by atoms with E-state index in [9.17, 15) is 0 Å². The zero-order chi connectivity index (χ0) is 10.9. The zero-order valence-electron chi connectivity index (χ0n) is 10.2. The van der Waals surface area contributed by atoms with E-state index in [-0.39, 0.29) is 4.87 Å². The van der Waals surface area contributed by atoms with Crippen molar-refractivity contribution in [3.8, 4) is 0 Å². The molecule has 0 saturated carbocycles. The van der Waals surface area contributed by atoms with Crippen molar-refractivity contribution in [2.24, 2.45) is 0 Å². The Kier molecular flexibility index (Phi) is 8.76. The number of hydrogen-bond donors (Lipinski definition) is 0. The fourth-order valence-corrected chi connectivity index (χ4v) is 2.46. The number of halogens is 1. The quantitative estimate of drug-likeness (QED) is 0.352. The molecule has 0 aliphatic carbocycles. The SMILES string of the molecule is CCCCCC(Cl)(CCC)CCCC. The number of rotatable bonds is 9. The summed E-state index contributed by atoms with van der Waals surface area (Å²) in [5.74, 6) is 0. The third kappa shape index (κ3) is 6.70. The largest absolute Gasteiger partial charge is 0.119 e. The summed E-state index contributed by atoms with van der Waals surface area (Å²) in [5, 5.41) is 0. The molecule has 0 nitrogen and oxygen atoms in total. The summed E-state index contributed by atoms with van der Waals surface area (Å²) in [6, 6.07) is 0. The van der Waals surface area contributed by atoms with E-state index in [2.05, 4.69) is 20.8 Å². The number of alkyl halides is 1. The van der Waals surface area contributed by atoms with Gasteiger partial charge >= 0.3 is 0 Å². The zero-order valence-corrected chi connectivity index (χ0v) is 11.0. The van der Waals surface area contributed by atoms with E-state index in [1.54, 1.807) is 0 Å². The van der Waals surface area contributed by atoms with Crippen LogP contribution in [0.4, 0.5) is 0 Å². The average molecular weight is 219 g/mol. The Morgan fingerprint density at radius 3 is 1.79 bits per heavy atom. The molecule has 0 aliphatic rings. The Morgan fingerprint density at radius 1 is 0.714 bits per heavy atom. The summed E-state index contributed by atoms with van der Waals surface area (Å²) < 4.78 is 0. The highest BCUT2D eigenvalue weighted by Crippen LogP contribution is 2.33. The van der Waals surface area contributed by atoms with Crippen molar-refractivity contribution in [3.63, 3.8) is 0 Å². The molecular weight excluding hydrogens is 192 g/mol. The topological polar surface area (TPSA) is 0 Å². The van der Waals surface area contributed by atoms with Gasteiger partial charge in [-0.3, -0.25) is 0 Å². The monoisotopic (exact) mass is 218 g/mol. The van der Waals surface area contributed by atoms with Crippen LogP contribution >= 0.6 is 11.6 Å². The number of hydrogen-bond acceptors (Lipinski definition) is 0. The maximum Gasteiger partial charge on any atom is 0.0446 e. The van der Waals surface area contributed by atoms with Crippen molar-refractivity contribution in [3.05, 3.63) is 0 Å². The van der Waals surface area contributed by atoms with E-state index >= 15 is 0 Å². The Labute approximate surface area is 95.4 Å². The molecule has 0 heterocycles. The summed E-state index contributed by atoms with van der Waals surface area (Å²) >= 11 is 6.65. The lowest BCUT2D eigenvalue weighted by atomic mass is 9.90. The van der Waals surface area contributed by atoms with Gasteiger partial charge in [0.25, 0.3) is 0 Å². The molecule has 0 aliphatic heterocycles. The van der Waals surface area contributed by atoms with Crippen LogP contribution in [0.15, 0.2) is 0 Å². The van der Waals surface area contributed by atoms with Gasteiger partial charge < -0.3 is 0 Å². The summed E-state index contributed by atoms with van der Waals surface area (Å²) in [6.07, 6.45) is 11.3. The van der Waals surface area contributed by atoms with Gasteiger partial charge in [-0.25, -0.2) is 0 Å². The lowest BCUT2D eigenvalue weighted by Crippen LogP contribution is -2.21. The molecule has 0 spiro atoms. The van der Waals surface area contributed by atoms with Gasteiger partial charge in [-0.1, -0.05) is 59.3 Å². The third-order valence-corrected chi connectivity index (χ3v) is 3.47. The minimum atomic E-state index is 0.125. The Morgan fingerprint density at radius 2 is 1.29 bits per heavy atom. The normalized spacial score (nSPS) is 15.4. The van der Waals surface area contributed by atoms with Gasteiger partial charge in [0, 0.05) is 4.87 Å². The van der Waals surface area contributed by atoms with E-state index < -0.39 is 0 Å². The van der Waals surface area contributed by atoms with Gasteiger partial charge in [-0.2, -0.15) is 0 Å². The lowest BCUT2D eigenvalue weighted by molar-refractivity contribution is 0.420. The van der Waals surface area contributed by atoms with Crippen LogP contribution < -0.4 is 0 Å². The molecule has 1 heteroatoms. The van der Waals surface area contributed by atoms with Crippen molar-refractivity contribution in [1.29, 1.82) is 0 Å². The van der Waals surface area contributed by atoms with Crippen LogP contribution in [0.1, 0.15) is 78.6 Å². The Bertz CT molecular complexity index is 122. The second-order valence-electron chi connectivity index (χ2n) is 4.46. The van der Waals surface area contributed by atoms with Gasteiger partial charge in [0.15, 0.2) is 0 Å². The fraction of sp³-hybridized carbons (Fsp3) is 1.00. The lowest BCUT2D eigenvalue weighted by Gasteiger charge is -2.26. The molecule has 0 saturated heterocycles. The predicted octanol–water partition coefficient (Wildman–Crippen LogP) is 5.53. The maximum atomic E-state index is 6.65.